The lowest BCUT2D eigenvalue weighted by Crippen LogP contribution is -2.61. The van der Waals surface area contributed by atoms with Crippen LogP contribution in [-0.2, 0) is 0 Å². The zero-order valence-corrected chi connectivity index (χ0v) is 15.0. The third-order valence-corrected chi connectivity index (χ3v) is 4.88. The molecule has 0 bridgehead atoms. The highest BCUT2D eigenvalue weighted by atomic mass is 16.2. The van der Waals surface area contributed by atoms with Gasteiger partial charge in [-0.2, -0.15) is 0 Å². The largest absolute Gasteiger partial charge is 0.321 e. The van der Waals surface area contributed by atoms with Crippen molar-refractivity contribution in [2.75, 3.05) is 19.6 Å². The number of hydrogen-bond donors (Lipinski definition) is 0. The summed E-state index contributed by atoms with van der Waals surface area (Å²) < 4.78 is 0. The SMILES string of the molecule is C=CCC1CCCN(C(=O)N(CC=C)CC=C)C1(CC=C)CC=C. The van der Waals surface area contributed by atoms with Crippen LogP contribution < -0.4 is 0 Å². The molecule has 2 amide bonds. The van der Waals surface area contributed by atoms with Crippen molar-refractivity contribution in [3.8, 4) is 0 Å². The van der Waals surface area contributed by atoms with Crippen molar-refractivity contribution in [1.29, 1.82) is 0 Å². The Hall–Kier alpha value is -2.03. The Morgan fingerprint density at radius 2 is 1.58 bits per heavy atom. The fourth-order valence-electron chi connectivity index (χ4n) is 3.88. The number of nitrogens with zero attached hydrogens (tertiary/aromatic N) is 2. The molecule has 1 aliphatic rings. The highest BCUT2D eigenvalue weighted by molar-refractivity contribution is 5.76. The Balaban J connectivity index is 3.26. The molecule has 1 aliphatic heterocycles. The summed E-state index contributed by atoms with van der Waals surface area (Å²) >= 11 is 0. The zero-order valence-electron chi connectivity index (χ0n) is 15.0. The van der Waals surface area contributed by atoms with Crippen molar-refractivity contribution < 1.29 is 4.79 Å². The van der Waals surface area contributed by atoms with Crippen LogP contribution in [0.1, 0.15) is 32.1 Å². The standard InChI is InChI=1S/C21H32N2O/c1-6-12-19-13-11-18-23(21(19,14-7-2)15-8-3)20(24)22(16-9-4)17-10-5/h6-10,19H,1-5,11-18H2. The van der Waals surface area contributed by atoms with E-state index in [0.717, 1.165) is 38.6 Å². The van der Waals surface area contributed by atoms with E-state index in [1.165, 1.54) is 0 Å². The number of carbonyl (C=O) groups excluding carboxylic acids is 1. The molecule has 0 aromatic carbocycles. The molecule has 24 heavy (non-hydrogen) atoms. The van der Waals surface area contributed by atoms with Gasteiger partial charge >= 0.3 is 6.03 Å². The predicted octanol–water partition coefficient (Wildman–Crippen LogP) is 4.96. The number of allylic oxidation sites excluding steroid dienone is 1. The van der Waals surface area contributed by atoms with Crippen molar-refractivity contribution in [1.82, 2.24) is 9.80 Å². The maximum absolute atomic E-state index is 13.3. The van der Waals surface area contributed by atoms with E-state index in [4.69, 9.17) is 0 Å². The van der Waals surface area contributed by atoms with Gasteiger partial charge in [-0.3, -0.25) is 0 Å². The van der Waals surface area contributed by atoms with Crippen LogP contribution in [0.25, 0.3) is 0 Å². The van der Waals surface area contributed by atoms with Crippen LogP contribution in [0.4, 0.5) is 4.79 Å². The van der Waals surface area contributed by atoms with E-state index in [-0.39, 0.29) is 11.6 Å². The first-order valence-electron chi connectivity index (χ1n) is 8.72. The Labute approximate surface area is 147 Å². The molecule has 0 aromatic rings. The topological polar surface area (TPSA) is 23.6 Å². The maximum Gasteiger partial charge on any atom is 0.321 e. The molecular weight excluding hydrogens is 296 g/mol. The van der Waals surface area contributed by atoms with Crippen molar-refractivity contribution in [3.63, 3.8) is 0 Å². The average Bonchev–Trinajstić information content (AvgIpc) is 2.56. The summed E-state index contributed by atoms with van der Waals surface area (Å²) in [5.41, 5.74) is -0.270. The van der Waals surface area contributed by atoms with Gasteiger partial charge in [-0.1, -0.05) is 30.4 Å². The van der Waals surface area contributed by atoms with Crippen molar-refractivity contribution in [2.45, 2.75) is 37.6 Å². The third-order valence-electron chi connectivity index (χ3n) is 4.88. The van der Waals surface area contributed by atoms with E-state index in [1.807, 2.05) is 23.1 Å². The fourth-order valence-corrected chi connectivity index (χ4v) is 3.88. The molecule has 1 atom stereocenters. The maximum atomic E-state index is 13.3. The fraction of sp³-hybridized carbons (Fsp3) is 0.476. The second-order valence-electron chi connectivity index (χ2n) is 6.37. The smallest absolute Gasteiger partial charge is 0.318 e. The van der Waals surface area contributed by atoms with Gasteiger partial charge in [0.05, 0.1) is 5.54 Å². The van der Waals surface area contributed by atoms with Crippen molar-refractivity contribution in [2.24, 2.45) is 5.92 Å². The molecule has 0 aliphatic carbocycles. The molecule has 0 N–H and O–H groups in total. The number of hydrogen-bond acceptors (Lipinski definition) is 1. The van der Waals surface area contributed by atoms with Crippen molar-refractivity contribution >= 4 is 6.03 Å². The third kappa shape index (κ3) is 4.28. The first kappa shape index (κ1) is 20.0. The Bertz CT molecular complexity index is 460. The lowest BCUT2D eigenvalue weighted by Gasteiger charge is -2.52. The molecule has 1 heterocycles. The number of likely N-dealkylation sites (tertiary alicyclic amines) is 1. The molecular formula is C21H32N2O. The monoisotopic (exact) mass is 328 g/mol. The van der Waals surface area contributed by atoms with Gasteiger partial charge in [-0.15, -0.1) is 32.9 Å². The molecule has 1 saturated heterocycles. The van der Waals surface area contributed by atoms with Gasteiger partial charge in [0.1, 0.15) is 0 Å². The molecule has 0 radical (unpaired) electrons. The summed E-state index contributed by atoms with van der Waals surface area (Å²) in [5.74, 6) is 0.373. The van der Waals surface area contributed by atoms with Gasteiger partial charge in [-0.05, 0) is 38.0 Å². The van der Waals surface area contributed by atoms with Gasteiger partial charge < -0.3 is 9.80 Å². The van der Waals surface area contributed by atoms with E-state index in [9.17, 15) is 4.79 Å². The average molecular weight is 329 g/mol. The Kier molecular flexibility index (Phi) is 8.31. The van der Waals surface area contributed by atoms with E-state index in [1.54, 1.807) is 17.1 Å². The van der Waals surface area contributed by atoms with Gasteiger partial charge in [0, 0.05) is 19.6 Å². The van der Waals surface area contributed by atoms with Crippen molar-refractivity contribution in [3.05, 3.63) is 63.3 Å². The number of carbonyl (C=O) groups is 1. The molecule has 1 rings (SSSR count). The minimum Gasteiger partial charge on any atom is -0.318 e. The molecule has 1 fully saturated rings. The van der Waals surface area contributed by atoms with Crippen LogP contribution in [0.5, 0.6) is 0 Å². The molecule has 0 saturated carbocycles. The number of urea groups is 1. The highest BCUT2D eigenvalue weighted by Crippen LogP contribution is 2.42. The van der Waals surface area contributed by atoms with E-state index in [0.29, 0.717) is 19.0 Å². The van der Waals surface area contributed by atoms with Gasteiger partial charge in [0.2, 0.25) is 0 Å². The summed E-state index contributed by atoms with van der Waals surface area (Å²) in [6.45, 7) is 21.1. The van der Waals surface area contributed by atoms with Gasteiger partial charge in [0.15, 0.2) is 0 Å². The van der Waals surface area contributed by atoms with Crippen LogP contribution in [0, 0.1) is 5.92 Å². The van der Waals surface area contributed by atoms with Crippen LogP contribution in [0.2, 0.25) is 0 Å². The molecule has 3 heteroatoms. The highest BCUT2D eigenvalue weighted by Gasteiger charge is 2.46. The second-order valence-corrected chi connectivity index (χ2v) is 6.37. The van der Waals surface area contributed by atoms with Gasteiger partial charge in [-0.25, -0.2) is 4.79 Å². The minimum absolute atomic E-state index is 0.0484. The molecule has 3 nitrogen and oxygen atoms in total. The summed E-state index contributed by atoms with van der Waals surface area (Å²) in [4.78, 5) is 17.1. The number of rotatable bonds is 10. The second kappa shape index (κ2) is 9.96. The summed E-state index contributed by atoms with van der Waals surface area (Å²) in [7, 11) is 0. The minimum atomic E-state index is -0.270. The lowest BCUT2D eigenvalue weighted by molar-refractivity contribution is 0.0167. The van der Waals surface area contributed by atoms with Crippen LogP contribution >= 0.6 is 0 Å². The first-order valence-corrected chi connectivity index (χ1v) is 8.72. The molecule has 0 aromatic heterocycles. The molecule has 132 valence electrons. The number of amides is 2. The van der Waals surface area contributed by atoms with E-state index >= 15 is 0 Å². The summed E-state index contributed by atoms with van der Waals surface area (Å²) in [6, 6.07) is 0.0484. The summed E-state index contributed by atoms with van der Waals surface area (Å²) in [6.07, 6.45) is 13.9. The Morgan fingerprint density at radius 3 is 2.04 bits per heavy atom. The predicted molar refractivity (Wildman–Crippen MR) is 104 cm³/mol. The van der Waals surface area contributed by atoms with Crippen LogP contribution in [0.15, 0.2) is 63.3 Å². The summed E-state index contributed by atoms with van der Waals surface area (Å²) in [5, 5.41) is 0. The van der Waals surface area contributed by atoms with Gasteiger partial charge in [0.25, 0.3) is 0 Å². The number of piperidine rings is 1. The lowest BCUT2D eigenvalue weighted by atomic mass is 9.70. The quantitative estimate of drug-likeness (QED) is 0.520. The molecule has 1 unspecified atom stereocenters. The first-order chi connectivity index (χ1) is 11.6. The molecule has 0 spiro atoms. The van der Waals surface area contributed by atoms with Crippen LogP contribution in [0.3, 0.4) is 0 Å². The van der Waals surface area contributed by atoms with Crippen LogP contribution in [-0.4, -0.2) is 41.0 Å². The normalized spacial score (nSPS) is 19.2. The van der Waals surface area contributed by atoms with E-state index in [2.05, 4.69) is 32.9 Å². The zero-order chi connectivity index (χ0) is 18.0. The Morgan fingerprint density at radius 1 is 1.00 bits per heavy atom. The van der Waals surface area contributed by atoms with E-state index < -0.39 is 0 Å².